The lowest BCUT2D eigenvalue weighted by Gasteiger charge is -2.08. The Morgan fingerprint density at radius 2 is 2.10 bits per heavy atom. The maximum Gasteiger partial charge on any atom is 0.226 e. The molecule has 2 rings (SSSR count). The predicted molar refractivity (Wildman–Crippen MR) is 78.4 cm³/mol. The first-order valence-corrected chi connectivity index (χ1v) is 6.67. The number of hydrogen-bond donors (Lipinski definition) is 1. The van der Waals surface area contributed by atoms with Gasteiger partial charge in [0, 0.05) is 12.3 Å². The molecule has 0 saturated heterocycles. The molecular formula is C15H19N3O2. The van der Waals surface area contributed by atoms with Crippen molar-refractivity contribution in [2.24, 2.45) is 0 Å². The maximum atomic E-state index is 5.64. The molecule has 0 fully saturated rings. The number of ether oxygens (including phenoxy) is 2. The van der Waals surface area contributed by atoms with Crippen LogP contribution in [0.25, 0.3) is 0 Å². The second kappa shape index (κ2) is 7.33. The second-order valence-corrected chi connectivity index (χ2v) is 4.24. The molecule has 0 saturated carbocycles. The van der Waals surface area contributed by atoms with Gasteiger partial charge in [0.05, 0.1) is 13.2 Å². The molecule has 0 bridgehead atoms. The Bertz CT molecular complexity index is 546. The van der Waals surface area contributed by atoms with Gasteiger partial charge in [-0.25, -0.2) is 4.98 Å². The zero-order chi connectivity index (χ0) is 14.2. The molecule has 0 aliphatic heterocycles. The lowest BCUT2D eigenvalue weighted by Crippen LogP contribution is -2.13. The van der Waals surface area contributed by atoms with E-state index < -0.39 is 0 Å². The monoisotopic (exact) mass is 273 g/mol. The maximum absolute atomic E-state index is 5.64. The van der Waals surface area contributed by atoms with Crippen LogP contribution in [0.15, 0.2) is 36.5 Å². The summed E-state index contributed by atoms with van der Waals surface area (Å²) in [6, 6.07) is 9.70. The average Bonchev–Trinajstić information content (AvgIpc) is 2.45. The summed E-state index contributed by atoms with van der Waals surface area (Å²) in [5.41, 5.74) is 1.18. The van der Waals surface area contributed by atoms with Gasteiger partial charge in [0.25, 0.3) is 0 Å². The SMILES string of the molecule is CCOc1ccnc(NCCOc2cccc(C)c2)n1. The fraction of sp³-hybridized carbons (Fsp3) is 0.333. The Morgan fingerprint density at radius 3 is 2.90 bits per heavy atom. The number of benzene rings is 1. The molecule has 0 unspecified atom stereocenters. The minimum atomic E-state index is 0.545. The topological polar surface area (TPSA) is 56.3 Å². The lowest BCUT2D eigenvalue weighted by atomic mass is 10.2. The smallest absolute Gasteiger partial charge is 0.226 e. The first-order valence-electron chi connectivity index (χ1n) is 6.67. The number of nitrogens with one attached hydrogen (secondary N) is 1. The van der Waals surface area contributed by atoms with Crippen molar-refractivity contribution >= 4 is 5.95 Å². The van der Waals surface area contributed by atoms with Crippen LogP contribution in [0, 0.1) is 6.92 Å². The molecule has 0 amide bonds. The molecule has 1 aromatic heterocycles. The Labute approximate surface area is 119 Å². The van der Waals surface area contributed by atoms with Gasteiger partial charge in [-0.1, -0.05) is 12.1 Å². The van der Waals surface area contributed by atoms with Crippen LogP contribution in [0.4, 0.5) is 5.95 Å². The summed E-state index contributed by atoms with van der Waals surface area (Å²) < 4.78 is 10.9. The van der Waals surface area contributed by atoms with E-state index in [2.05, 4.69) is 15.3 Å². The molecule has 1 aromatic carbocycles. The summed E-state index contributed by atoms with van der Waals surface area (Å²) in [7, 11) is 0. The van der Waals surface area contributed by atoms with Crippen LogP contribution < -0.4 is 14.8 Å². The number of rotatable bonds is 7. The molecule has 0 spiro atoms. The Balaban J connectivity index is 1.77. The lowest BCUT2D eigenvalue weighted by molar-refractivity contribution is 0.325. The van der Waals surface area contributed by atoms with E-state index in [1.807, 2.05) is 38.1 Å². The minimum Gasteiger partial charge on any atom is -0.492 e. The molecule has 0 radical (unpaired) electrons. The zero-order valence-electron chi connectivity index (χ0n) is 11.8. The Kier molecular flexibility index (Phi) is 5.17. The van der Waals surface area contributed by atoms with Crippen molar-refractivity contribution in [3.05, 3.63) is 42.1 Å². The first kappa shape index (κ1) is 14.1. The van der Waals surface area contributed by atoms with E-state index in [0.717, 1.165) is 5.75 Å². The molecular weight excluding hydrogens is 254 g/mol. The van der Waals surface area contributed by atoms with E-state index in [9.17, 15) is 0 Å². The summed E-state index contributed by atoms with van der Waals surface area (Å²) in [6.45, 7) is 5.73. The molecule has 2 aromatic rings. The fourth-order valence-electron chi connectivity index (χ4n) is 1.69. The van der Waals surface area contributed by atoms with Crippen LogP contribution in [0.2, 0.25) is 0 Å². The number of hydrogen-bond acceptors (Lipinski definition) is 5. The molecule has 20 heavy (non-hydrogen) atoms. The first-order chi connectivity index (χ1) is 9.78. The van der Waals surface area contributed by atoms with E-state index in [-0.39, 0.29) is 0 Å². The summed E-state index contributed by atoms with van der Waals surface area (Å²) in [5.74, 6) is 1.99. The van der Waals surface area contributed by atoms with Crippen LogP contribution in [0.5, 0.6) is 11.6 Å². The van der Waals surface area contributed by atoms with Crippen molar-refractivity contribution in [2.75, 3.05) is 25.1 Å². The van der Waals surface area contributed by atoms with Gasteiger partial charge in [0.2, 0.25) is 11.8 Å². The van der Waals surface area contributed by atoms with Gasteiger partial charge >= 0.3 is 0 Å². The van der Waals surface area contributed by atoms with Crippen molar-refractivity contribution < 1.29 is 9.47 Å². The van der Waals surface area contributed by atoms with Crippen LogP contribution in [-0.2, 0) is 0 Å². The van der Waals surface area contributed by atoms with Crippen LogP contribution >= 0.6 is 0 Å². The summed E-state index contributed by atoms with van der Waals surface area (Å²) in [6.07, 6.45) is 1.67. The number of nitrogens with zero attached hydrogens (tertiary/aromatic N) is 2. The Morgan fingerprint density at radius 1 is 1.20 bits per heavy atom. The summed E-state index contributed by atoms with van der Waals surface area (Å²) in [5, 5.41) is 3.10. The summed E-state index contributed by atoms with van der Waals surface area (Å²) in [4.78, 5) is 8.34. The van der Waals surface area contributed by atoms with E-state index in [4.69, 9.17) is 9.47 Å². The normalized spacial score (nSPS) is 10.1. The van der Waals surface area contributed by atoms with Crippen LogP contribution in [0.3, 0.4) is 0 Å². The number of aryl methyl sites for hydroxylation is 1. The third-order valence-electron chi connectivity index (χ3n) is 2.57. The third-order valence-corrected chi connectivity index (χ3v) is 2.57. The van der Waals surface area contributed by atoms with Gasteiger partial charge in [0.1, 0.15) is 12.4 Å². The van der Waals surface area contributed by atoms with Crippen molar-refractivity contribution in [3.8, 4) is 11.6 Å². The van der Waals surface area contributed by atoms with Crippen molar-refractivity contribution in [1.29, 1.82) is 0 Å². The number of aromatic nitrogens is 2. The highest BCUT2D eigenvalue weighted by atomic mass is 16.5. The van der Waals surface area contributed by atoms with Gasteiger partial charge in [-0.05, 0) is 31.5 Å². The molecule has 106 valence electrons. The van der Waals surface area contributed by atoms with Gasteiger partial charge in [-0.15, -0.1) is 0 Å². The average molecular weight is 273 g/mol. The highest BCUT2D eigenvalue weighted by Crippen LogP contribution is 2.12. The van der Waals surface area contributed by atoms with Crippen molar-refractivity contribution in [1.82, 2.24) is 9.97 Å². The quantitative estimate of drug-likeness (QED) is 0.786. The standard InChI is InChI=1S/C15H19N3O2/c1-3-19-14-7-8-16-15(18-14)17-9-10-20-13-6-4-5-12(2)11-13/h4-8,11H,3,9-10H2,1-2H3,(H,16,17,18). The van der Waals surface area contributed by atoms with E-state index in [1.54, 1.807) is 12.3 Å². The molecule has 0 aliphatic rings. The zero-order valence-corrected chi connectivity index (χ0v) is 11.8. The molecule has 5 heteroatoms. The molecule has 5 nitrogen and oxygen atoms in total. The second-order valence-electron chi connectivity index (χ2n) is 4.24. The van der Waals surface area contributed by atoms with Crippen LogP contribution in [-0.4, -0.2) is 29.7 Å². The van der Waals surface area contributed by atoms with E-state index in [0.29, 0.717) is 31.6 Å². The predicted octanol–water partition coefficient (Wildman–Crippen LogP) is 2.67. The summed E-state index contributed by atoms with van der Waals surface area (Å²) >= 11 is 0. The molecule has 1 N–H and O–H groups in total. The highest BCUT2D eigenvalue weighted by molar-refractivity contribution is 5.28. The minimum absolute atomic E-state index is 0.545. The van der Waals surface area contributed by atoms with Crippen molar-refractivity contribution in [3.63, 3.8) is 0 Å². The van der Waals surface area contributed by atoms with E-state index in [1.165, 1.54) is 5.56 Å². The van der Waals surface area contributed by atoms with Gasteiger partial charge in [-0.2, -0.15) is 4.98 Å². The third kappa shape index (κ3) is 4.42. The highest BCUT2D eigenvalue weighted by Gasteiger charge is 1.99. The molecule has 0 aliphatic carbocycles. The van der Waals surface area contributed by atoms with Crippen LogP contribution in [0.1, 0.15) is 12.5 Å². The van der Waals surface area contributed by atoms with Crippen molar-refractivity contribution in [2.45, 2.75) is 13.8 Å². The molecule has 1 heterocycles. The van der Waals surface area contributed by atoms with Gasteiger partial charge in [-0.3, -0.25) is 0 Å². The van der Waals surface area contributed by atoms with E-state index >= 15 is 0 Å². The largest absolute Gasteiger partial charge is 0.492 e. The Hall–Kier alpha value is -2.30. The molecule has 0 atom stereocenters. The van der Waals surface area contributed by atoms with Gasteiger partial charge in [0.15, 0.2) is 0 Å². The fourth-order valence-corrected chi connectivity index (χ4v) is 1.69. The number of anilines is 1. The van der Waals surface area contributed by atoms with Gasteiger partial charge < -0.3 is 14.8 Å².